The van der Waals surface area contributed by atoms with E-state index in [4.69, 9.17) is 0 Å². The van der Waals surface area contributed by atoms with Crippen molar-refractivity contribution in [2.75, 3.05) is 53.4 Å². The molecule has 0 unspecified atom stereocenters. The molecule has 2 rings (SSSR count). The number of unbranched alkanes of at least 4 members (excludes halogenated alkanes) is 1. The number of piperazine rings is 1. The molecule has 0 atom stereocenters. The van der Waals surface area contributed by atoms with Crippen LogP contribution in [0.4, 0.5) is 0 Å². The van der Waals surface area contributed by atoms with Crippen molar-refractivity contribution in [3.63, 3.8) is 0 Å². The van der Waals surface area contributed by atoms with E-state index in [1.165, 1.54) is 58.4 Å². The molecule has 2 fully saturated rings. The lowest BCUT2D eigenvalue weighted by atomic mass is 10.2. The first-order valence-electron chi connectivity index (χ1n) is 7.66. The molecule has 2 aliphatic rings. The Kier molecular flexibility index (Phi) is 5.92. The van der Waals surface area contributed by atoms with Gasteiger partial charge in [0.15, 0.2) is 5.96 Å². The molecule has 19 heavy (non-hydrogen) atoms. The summed E-state index contributed by atoms with van der Waals surface area (Å²) in [5.74, 6) is 0.974. The number of aliphatic imine (C=N–C) groups is 1. The van der Waals surface area contributed by atoms with Crippen molar-refractivity contribution in [1.82, 2.24) is 20.4 Å². The van der Waals surface area contributed by atoms with Crippen LogP contribution in [0.25, 0.3) is 0 Å². The quantitative estimate of drug-likeness (QED) is 0.414. The van der Waals surface area contributed by atoms with Gasteiger partial charge < -0.3 is 20.4 Å². The number of hydrogen-bond donors (Lipinski definition) is 2. The van der Waals surface area contributed by atoms with Crippen LogP contribution in [-0.4, -0.2) is 75.2 Å². The summed E-state index contributed by atoms with van der Waals surface area (Å²) in [4.78, 5) is 9.23. The lowest BCUT2D eigenvalue weighted by molar-refractivity contribution is 0.152. The van der Waals surface area contributed by atoms with E-state index in [1.54, 1.807) is 0 Å². The average molecular weight is 267 g/mol. The van der Waals surface area contributed by atoms with Crippen molar-refractivity contribution < 1.29 is 0 Å². The number of likely N-dealkylation sites (N-methyl/N-ethyl adjacent to an activating group) is 1. The summed E-state index contributed by atoms with van der Waals surface area (Å²) in [5, 5.41) is 6.81. The van der Waals surface area contributed by atoms with E-state index in [9.17, 15) is 0 Å². The number of rotatable bonds is 6. The van der Waals surface area contributed by atoms with Crippen LogP contribution in [0.15, 0.2) is 4.99 Å². The first-order chi connectivity index (χ1) is 9.28. The molecule has 2 N–H and O–H groups in total. The predicted octanol–water partition coefficient (Wildman–Crippen LogP) is 0.341. The molecule has 0 aromatic heterocycles. The second-order valence-corrected chi connectivity index (χ2v) is 5.77. The Hall–Kier alpha value is -0.810. The summed E-state index contributed by atoms with van der Waals surface area (Å²) in [6.45, 7) is 7.17. The molecule has 1 aliphatic heterocycles. The molecule has 1 heterocycles. The number of nitrogens with zero attached hydrogens (tertiary/aromatic N) is 3. The lowest BCUT2D eigenvalue weighted by Gasteiger charge is -2.32. The van der Waals surface area contributed by atoms with Crippen LogP contribution in [0.1, 0.15) is 25.7 Å². The summed E-state index contributed by atoms with van der Waals surface area (Å²) in [6.07, 6.45) is 5.09. The van der Waals surface area contributed by atoms with Gasteiger partial charge in [-0.15, -0.1) is 0 Å². The van der Waals surface area contributed by atoms with Crippen LogP contribution in [0.2, 0.25) is 0 Å². The standard InChI is InChI=1S/C14H29N5/c1-15-14(17-13-5-6-13)16-7-3-4-8-19-11-9-18(2)10-12-19/h13H,3-12H2,1-2H3,(H2,15,16,17). The number of hydrogen-bond acceptors (Lipinski definition) is 3. The predicted molar refractivity (Wildman–Crippen MR) is 80.7 cm³/mol. The van der Waals surface area contributed by atoms with Crippen LogP contribution in [-0.2, 0) is 0 Å². The van der Waals surface area contributed by atoms with Gasteiger partial charge in [-0.3, -0.25) is 4.99 Å². The molecular weight excluding hydrogens is 238 g/mol. The minimum absolute atomic E-state index is 0.677. The minimum Gasteiger partial charge on any atom is -0.356 e. The largest absolute Gasteiger partial charge is 0.356 e. The first kappa shape index (κ1) is 14.6. The molecule has 0 bridgehead atoms. The molecule has 5 nitrogen and oxygen atoms in total. The van der Waals surface area contributed by atoms with Gasteiger partial charge in [0.25, 0.3) is 0 Å². The monoisotopic (exact) mass is 267 g/mol. The van der Waals surface area contributed by atoms with Gasteiger partial charge >= 0.3 is 0 Å². The third-order valence-corrected chi connectivity index (χ3v) is 3.93. The zero-order chi connectivity index (χ0) is 13.5. The zero-order valence-electron chi connectivity index (χ0n) is 12.5. The highest BCUT2D eigenvalue weighted by molar-refractivity contribution is 5.80. The summed E-state index contributed by atoms with van der Waals surface area (Å²) in [6, 6.07) is 0.677. The molecule has 110 valence electrons. The molecule has 1 saturated heterocycles. The van der Waals surface area contributed by atoms with E-state index in [1.807, 2.05) is 7.05 Å². The Morgan fingerprint density at radius 1 is 1.16 bits per heavy atom. The third kappa shape index (κ3) is 5.78. The Morgan fingerprint density at radius 3 is 2.53 bits per heavy atom. The summed E-state index contributed by atoms with van der Waals surface area (Å²) >= 11 is 0. The number of nitrogens with one attached hydrogen (secondary N) is 2. The summed E-state index contributed by atoms with van der Waals surface area (Å²) in [7, 11) is 4.06. The SMILES string of the molecule is CN=C(NCCCCN1CCN(C)CC1)NC1CC1. The maximum Gasteiger partial charge on any atom is 0.191 e. The van der Waals surface area contributed by atoms with Gasteiger partial charge in [-0.1, -0.05) is 0 Å². The molecule has 0 amide bonds. The molecule has 0 radical (unpaired) electrons. The van der Waals surface area contributed by atoms with E-state index >= 15 is 0 Å². The minimum atomic E-state index is 0.677. The van der Waals surface area contributed by atoms with E-state index in [0.29, 0.717) is 6.04 Å². The highest BCUT2D eigenvalue weighted by atomic mass is 15.2. The van der Waals surface area contributed by atoms with Gasteiger partial charge in [0.2, 0.25) is 0 Å². The van der Waals surface area contributed by atoms with Crippen LogP contribution in [0, 0.1) is 0 Å². The molecule has 0 aromatic rings. The lowest BCUT2D eigenvalue weighted by Crippen LogP contribution is -2.44. The Bertz CT molecular complexity index is 280. The van der Waals surface area contributed by atoms with Crippen LogP contribution in [0.3, 0.4) is 0 Å². The number of guanidine groups is 1. The van der Waals surface area contributed by atoms with Crippen molar-refractivity contribution in [2.45, 2.75) is 31.7 Å². The smallest absolute Gasteiger partial charge is 0.191 e. The van der Waals surface area contributed by atoms with Gasteiger partial charge in [0, 0.05) is 45.8 Å². The molecule has 0 spiro atoms. The van der Waals surface area contributed by atoms with Crippen molar-refractivity contribution in [1.29, 1.82) is 0 Å². The van der Waals surface area contributed by atoms with Crippen molar-refractivity contribution >= 4 is 5.96 Å². The third-order valence-electron chi connectivity index (χ3n) is 3.93. The molecule has 5 heteroatoms. The van der Waals surface area contributed by atoms with Crippen LogP contribution >= 0.6 is 0 Å². The fourth-order valence-corrected chi connectivity index (χ4v) is 2.35. The maximum atomic E-state index is 4.24. The molecule has 0 aromatic carbocycles. The van der Waals surface area contributed by atoms with Crippen LogP contribution < -0.4 is 10.6 Å². The Balaban J connectivity index is 1.47. The molecule has 1 aliphatic carbocycles. The summed E-state index contributed by atoms with van der Waals surface area (Å²) < 4.78 is 0. The van der Waals surface area contributed by atoms with Gasteiger partial charge in [0.05, 0.1) is 0 Å². The fourth-order valence-electron chi connectivity index (χ4n) is 2.35. The second kappa shape index (κ2) is 7.70. The van der Waals surface area contributed by atoms with Gasteiger partial charge in [0.1, 0.15) is 0 Å². The highest BCUT2D eigenvalue weighted by Gasteiger charge is 2.21. The topological polar surface area (TPSA) is 42.9 Å². The molecule has 1 saturated carbocycles. The Morgan fingerprint density at radius 2 is 1.89 bits per heavy atom. The van der Waals surface area contributed by atoms with E-state index in [0.717, 1.165) is 12.5 Å². The second-order valence-electron chi connectivity index (χ2n) is 5.77. The summed E-state index contributed by atoms with van der Waals surface area (Å²) in [5.41, 5.74) is 0. The van der Waals surface area contributed by atoms with E-state index in [2.05, 4.69) is 32.5 Å². The highest BCUT2D eigenvalue weighted by Crippen LogP contribution is 2.18. The van der Waals surface area contributed by atoms with Gasteiger partial charge in [-0.25, -0.2) is 0 Å². The van der Waals surface area contributed by atoms with E-state index in [-0.39, 0.29) is 0 Å². The van der Waals surface area contributed by atoms with Crippen molar-refractivity contribution in [3.8, 4) is 0 Å². The zero-order valence-corrected chi connectivity index (χ0v) is 12.5. The van der Waals surface area contributed by atoms with Gasteiger partial charge in [-0.2, -0.15) is 0 Å². The molecular formula is C14H29N5. The first-order valence-corrected chi connectivity index (χ1v) is 7.66. The van der Waals surface area contributed by atoms with Gasteiger partial charge in [-0.05, 0) is 39.3 Å². The normalized spacial score (nSPS) is 22.5. The maximum absolute atomic E-state index is 4.24. The van der Waals surface area contributed by atoms with Crippen molar-refractivity contribution in [2.24, 2.45) is 4.99 Å². The van der Waals surface area contributed by atoms with E-state index < -0.39 is 0 Å². The fraction of sp³-hybridized carbons (Fsp3) is 0.929. The van der Waals surface area contributed by atoms with Crippen molar-refractivity contribution in [3.05, 3.63) is 0 Å². The average Bonchev–Trinajstić information content (AvgIpc) is 3.23. The Labute approximate surface area is 117 Å². The van der Waals surface area contributed by atoms with Crippen LogP contribution in [0.5, 0.6) is 0 Å².